The van der Waals surface area contributed by atoms with Crippen LogP contribution in [0.25, 0.3) is 0 Å². The van der Waals surface area contributed by atoms with Gasteiger partial charge in [0.1, 0.15) is 0 Å². The average molecular weight is 339 g/mol. The van der Waals surface area contributed by atoms with Crippen LogP contribution < -0.4 is 0 Å². The van der Waals surface area contributed by atoms with E-state index in [1.54, 1.807) is 29.5 Å². The van der Waals surface area contributed by atoms with Crippen LogP contribution in [0.4, 0.5) is 0 Å². The fourth-order valence-electron chi connectivity index (χ4n) is 2.27. The van der Waals surface area contributed by atoms with E-state index in [-0.39, 0.29) is 5.41 Å². The van der Waals surface area contributed by atoms with Crippen molar-refractivity contribution < 1.29 is 14.6 Å². The third-order valence-electron chi connectivity index (χ3n) is 3.40. The van der Waals surface area contributed by atoms with Crippen molar-refractivity contribution in [2.45, 2.75) is 5.41 Å². The van der Waals surface area contributed by atoms with Gasteiger partial charge in [0, 0.05) is 14.7 Å². The molecule has 1 aliphatic rings. The molecule has 0 spiro atoms. The first-order chi connectivity index (χ1) is 9.12. The summed E-state index contributed by atoms with van der Waals surface area (Å²) < 4.78 is 6.45. The molecule has 0 atom stereocenters. The van der Waals surface area contributed by atoms with E-state index in [0.29, 0.717) is 18.8 Å². The van der Waals surface area contributed by atoms with E-state index in [2.05, 4.69) is 22.0 Å². The van der Waals surface area contributed by atoms with E-state index in [0.717, 1.165) is 10.0 Å². The van der Waals surface area contributed by atoms with Gasteiger partial charge < -0.3 is 9.84 Å². The zero-order valence-electron chi connectivity index (χ0n) is 9.93. The summed E-state index contributed by atoms with van der Waals surface area (Å²) in [5.41, 5.74) is 1.13. The number of carboxylic acids is 1. The second kappa shape index (κ2) is 4.74. The lowest BCUT2D eigenvalue weighted by Gasteiger charge is -2.41. The average Bonchev–Trinajstić information content (AvgIpc) is 2.75. The Hall–Kier alpha value is -1.17. The molecule has 0 unspecified atom stereocenters. The number of hydrogen-bond acceptors (Lipinski definition) is 3. The van der Waals surface area contributed by atoms with Crippen molar-refractivity contribution in [2.24, 2.45) is 0 Å². The molecule has 1 N–H and O–H groups in total. The SMILES string of the molecule is O=C(O)c1cccc(C2(c3cc(Br)cs3)COC2)c1. The highest BCUT2D eigenvalue weighted by atomic mass is 79.9. The summed E-state index contributed by atoms with van der Waals surface area (Å²) in [5, 5.41) is 11.1. The summed E-state index contributed by atoms with van der Waals surface area (Å²) >= 11 is 5.13. The highest BCUT2D eigenvalue weighted by molar-refractivity contribution is 9.10. The van der Waals surface area contributed by atoms with E-state index >= 15 is 0 Å². The standard InChI is InChI=1S/C14H11BrO3S/c15-11-5-12(19-6-11)14(7-18-8-14)10-3-1-2-9(4-10)13(16)17/h1-6H,7-8H2,(H,16,17). The Balaban J connectivity index is 2.07. The van der Waals surface area contributed by atoms with E-state index in [1.807, 2.05) is 11.4 Å². The van der Waals surface area contributed by atoms with Gasteiger partial charge in [-0.25, -0.2) is 4.79 Å². The van der Waals surface area contributed by atoms with Crippen LogP contribution in [0.1, 0.15) is 20.8 Å². The van der Waals surface area contributed by atoms with Crippen molar-refractivity contribution in [1.82, 2.24) is 0 Å². The zero-order valence-corrected chi connectivity index (χ0v) is 12.3. The molecular weight excluding hydrogens is 328 g/mol. The van der Waals surface area contributed by atoms with Crippen molar-refractivity contribution in [2.75, 3.05) is 13.2 Å². The van der Waals surface area contributed by atoms with Crippen LogP contribution in [-0.2, 0) is 10.2 Å². The van der Waals surface area contributed by atoms with Crippen LogP contribution >= 0.6 is 27.3 Å². The Morgan fingerprint density at radius 2 is 2.16 bits per heavy atom. The molecule has 1 aromatic carbocycles. The number of ether oxygens (including phenoxy) is 1. The Bertz CT molecular complexity index is 631. The zero-order chi connectivity index (χ0) is 13.5. The second-order valence-electron chi connectivity index (χ2n) is 4.59. The third kappa shape index (κ3) is 2.12. The first-order valence-corrected chi connectivity index (χ1v) is 7.45. The number of hydrogen-bond donors (Lipinski definition) is 1. The molecule has 3 rings (SSSR count). The second-order valence-corrected chi connectivity index (χ2v) is 6.42. The maximum atomic E-state index is 11.1. The summed E-state index contributed by atoms with van der Waals surface area (Å²) in [6.45, 7) is 1.20. The Kier molecular flexibility index (Phi) is 3.20. The van der Waals surface area contributed by atoms with Crippen molar-refractivity contribution >= 4 is 33.2 Å². The lowest BCUT2D eigenvalue weighted by molar-refractivity contribution is -0.0362. The Labute approximate surface area is 123 Å². The maximum absolute atomic E-state index is 11.1. The van der Waals surface area contributed by atoms with E-state index in [4.69, 9.17) is 9.84 Å². The van der Waals surface area contributed by atoms with Gasteiger partial charge in [-0.05, 0) is 39.7 Å². The molecule has 1 saturated heterocycles. The molecule has 0 bridgehead atoms. The Morgan fingerprint density at radius 3 is 2.68 bits per heavy atom. The molecule has 1 aliphatic heterocycles. The molecule has 3 nitrogen and oxygen atoms in total. The van der Waals surface area contributed by atoms with Gasteiger partial charge in [0.05, 0.1) is 24.2 Å². The monoisotopic (exact) mass is 338 g/mol. The molecule has 0 radical (unpaired) electrons. The smallest absolute Gasteiger partial charge is 0.335 e. The number of aromatic carboxylic acids is 1. The van der Waals surface area contributed by atoms with Crippen molar-refractivity contribution in [3.05, 3.63) is 56.2 Å². The maximum Gasteiger partial charge on any atom is 0.335 e. The van der Waals surface area contributed by atoms with E-state index in [1.165, 1.54) is 4.88 Å². The molecular formula is C14H11BrO3S. The van der Waals surface area contributed by atoms with Crippen molar-refractivity contribution in [1.29, 1.82) is 0 Å². The summed E-state index contributed by atoms with van der Waals surface area (Å²) in [5.74, 6) is -0.899. The first kappa shape index (κ1) is 12.8. The van der Waals surface area contributed by atoms with Gasteiger partial charge in [0.15, 0.2) is 0 Å². The van der Waals surface area contributed by atoms with E-state index < -0.39 is 5.97 Å². The minimum absolute atomic E-state index is 0.192. The van der Waals surface area contributed by atoms with Crippen molar-refractivity contribution in [3.63, 3.8) is 0 Å². The summed E-state index contributed by atoms with van der Waals surface area (Å²) in [4.78, 5) is 12.3. The van der Waals surface area contributed by atoms with Gasteiger partial charge >= 0.3 is 5.97 Å². The highest BCUT2D eigenvalue weighted by Gasteiger charge is 2.43. The Morgan fingerprint density at radius 1 is 1.37 bits per heavy atom. The molecule has 1 aromatic heterocycles. The molecule has 2 aromatic rings. The van der Waals surface area contributed by atoms with Gasteiger partial charge in [0.2, 0.25) is 0 Å². The van der Waals surface area contributed by atoms with E-state index in [9.17, 15) is 4.79 Å². The number of halogens is 1. The van der Waals surface area contributed by atoms with Crippen LogP contribution in [0, 0.1) is 0 Å². The fourth-order valence-corrected chi connectivity index (χ4v) is 3.90. The lowest BCUT2D eigenvalue weighted by Crippen LogP contribution is -2.47. The lowest BCUT2D eigenvalue weighted by atomic mass is 9.77. The van der Waals surface area contributed by atoms with Gasteiger partial charge in [-0.2, -0.15) is 0 Å². The molecule has 0 aliphatic carbocycles. The topological polar surface area (TPSA) is 46.5 Å². The summed E-state index contributed by atoms with van der Waals surface area (Å²) in [7, 11) is 0. The fraction of sp³-hybridized carbons (Fsp3) is 0.214. The predicted molar refractivity (Wildman–Crippen MR) is 77.0 cm³/mol. The number of thiophene rings is 1. The summed E-state index contributed by atoms with van der Waals surface area (Å²) in [6.07, 6.45) is 0. The highest BCUT2D eigenvalue weighted by Crippen LogP contribution is 2.43. The minimum atomic E-state index is -0.899. The summed E-state index contributed by atoms with van der Waals surface area (Å²) in [6, 6.07) is 9.21. The first-order valence-electron chi connectivity index (χ1n) is 5.78. The van der Waals surface area contributed by atoms with Crippen LogP contribution in [0.2, 0.25) is 0 Å². The quantitative estimate of drug-likeness (QED) is 0.931. The molecule has 1 fully saturated rings. The van der Waals surface area contributed by atoms with Gasteiger partial charge in [-0.1, -0.05) is 12.1 Å². The molecule has 2 heterocycles. The normalized spacial score (nSPS) is 16.9. The minimum Gasteiger partial charge on any atom is -0.478 e. The molecule has 98 valence electrons. The molecule has 0 saturated carbocycles. The molecule has 0 amide bonds. The number of carboxylic acid groups (broad SMARTS) is 1. The number of rotatable bonds is 3. The van der Waals surface area contributed by atoms with Gasteiger partial charge in [-0.15, -0.1) is 11.3 Å². The predicted octanol–water partition coefficient (Wildman–Crippen LogP) is 3.53. The van der Waals surface area contributed by atoms with Gasteiger partial charge in [0.25, 0.3) is 0 Å². The number of benzene rings is 1. The largest absolute Gasteiger partial charge is 0.478 e. The molecule has 5 heteroatoms. The molecule has 19 heavy (non-hydrogen) atoms. The third-order valence-corrected chi connectivity index (χ3v) is 5.29. The van der Waals surface area contributed by atoms with Crippen LogP contribution in [0.3, 0.4) is 0 Å². The number of carbonyl (C=O) groups is 1. The van der Waals surface area contributed by atoms with Crippen LogP contribution in [0.5, 0.6) is 0 Å². The van der Waals surface area contributed by atoms with Crippen LogP contribution in [0.15, 0.2) is 40.2 Å². The van der Waals surface area contributed by atoms with Crippen LogP contribution in [-0.4, -0.2) is 24.3 Å². The van der Waals surface area contributed by atoms with Crippen molar-refractivity contribution in [3.8, 4) is 0 Å². The van der Waals surface area contributed by atoms with Gasteiger partial charge in [-0.3, -0.25) is 0 Å².